The van der Waals surface area contributed by atoms with E-state index >= 15 is 0 Å². The second kappa shape index (κ2) is 6.05. The van der Waals surface area contributed by atoms with E-state index < -0.39 is 0 Å². The van der Waals surface area contributed by atoms with Crippen molar-refractivity contribution in [1.82, 2.24) is 0 Å². The summed E-state index contributed by atoms with van der Waals surface area (Å²) in [5.41, 5.74) is 1.40. The minimum Gasteiger partial charge on any atom is -0.311 e. The van der Waals surface area contributed by atoms with E-state index in [1.165, 1.54) is 18.4 Å². The average molecular weight is 231 g/mol. The van der Waals surface area contributed by atoms with Gasteiger partial charge in [-0.15, -0.1) is 0 Å². The van der Waals surface area contributed by atoms with Gasteiger partial charge in [0.15, 0.2) is 0 Å². The Kier molecular flexibility index (Phi) is 5.00. The van der Waals surface area contributed by atoms with Crippen LogP contribution in [0, 0.1) is 18.4 Å². The van der Waals surface area contributed by atoms with Crippen molar-refractivity contribution in [3.63, 3.8) is 0 Å². The van der Waals surface area contributed by atoms with Gasteiger partial charge < -0.3 is 4.85 Å². The van der Waals surface area contributed by atoms with E-state index in [0.29, 0.717) is 11.8 Å². The van der Waals surface area contributed by atoms with Gasteiger partial charge in [0, 0.05) is 19.8 Å². The molecule has 0 amide bonds. The third-order valence-corrected chi connectivity index (χ3v) is 3.83. The van der Waals surface area contributed by atoms with Crippen LogP contribution in [0.2, 0.25) is 0 Å². The van der Waals surface area contributed by atoms with Gasteiger partial charge in [0.25, 0.3) is 0 Å². The fourth-order valence-corrected chi connectivity index (χ4v) is 2.37. The van der Waals surface area contributed by atoms with E-state index in [0.717, 1.165) is 12.8 Å². The number of hydrogen-bond donors (Lipinski definition) is 0. The van der Waals surface area contributed by atoms with Crippen LogP contribution < -0.4 is 0 Å². The molecule has 0 aromatic rings. The lowest BCUT2D eigenvalue weighted by Crippen LogP contribution is -2.27. The Hall–Kier alpha value is -1.03. The summed E-state index contributed by atoms with van der Waals surface area (Å²) in [7, 11) is 0. The lowest BCUT2D eigenvalue weighted by Gasteiger charge is -2.29. The van der Waals surface area contributed by atoms with Crippen LogP contribution in [0.5, 0.6) is 0 Å². The van der Waals surface area contributed by atoms with Crippen molar-refractivity contribution in [3.8, 4) is 0 Å². The van der Waals surface area contributed by atoms with Gasteiger partial charge in [0.05, 0.1) is 0 Å². The van der Waals surface area contributed by atoms with Crippen LogP contribution in [0.3, 0.4) is 0 Å². The Balaban J connectivity index is 2.52. The summed E-state index contributed by atoms with van der Waals surface area (Å²) in [6.45, 7) is 16.0. The first-order valence-corrected chi connectivity index (χ1v) is 6.70. The van der Waals surface area contributed by atoms with E-state index in [1.54, 1.807) is 0 Å². The van der Waals surface area contributed by atoms with Crippen LogP contribution in [0.4, 0.5) is 0 Å². The lowest BCUT2D eigenvalue weighted by molar-refractivity contribution is 0.311. The maximum absolute atomic E-state index is 7.22. The monoisotopic (exact) mass is 231 g/mol. The quantitative estimate of drug-likeness (QED) is 0.475. The summed E-state index contributed by atoms with van der Waals surface area (Å²) in [4.78, 5) is 3.78. The van der Waals surface area contributed by atoms with Gasteiger partial charge in [-0.3, -0.25) is 0 Å². The molecule has 0 unspecified atom stereocenters. The van der Waals surface area contributed by atoms with Crippen LogP contribution in [0.15, 0.2) is 23.8 Å². The van der Waals surface area contributed by atoms with Gasteiger partial charge in [-0.05, 0) is 31.6 Å². The van der Waals surface area contributed by atoms with E-state index in [2.05, 4.69) is 50.8 Å². The first-order chi connectivity index (χ1) is 7.97. The minimum absolute atomic E-state index is 0.0788. The second-order valence-electron chi connectivity index (χ2n) is 5.92. The summed E-state index contributed by atoms with van der Waals surface area (Å²) in [6, 6.07) is 0. The molecule has 0 atom stereocenters. The summed E-state index contributed by atoms with van der Waals surface area (Å²) in [5, 5.41) is 0. The standard InChI is InChI=1S/C16H25N/c1-13(2)7-6-8-14(3)15-9-11-16(4,17-5)12-10-15/h6-8,13,15H,9-12H2,1-4H3/b7-6+,14-8-. The molecule has 0 heterocycles. The van der Waals surface area contributed by atoms with Crippen molar-refractivity contribution < 1.29 is 0 Å². The fourth-order valence-electron chi connectivity index (χ4n) is 2.37. The molecule has 0 aromatic carbocycles. The summed E-state index contributed by atoms with van der Waals surface area (Å²) < 4.78 is 0. The smallest absolute Gasteiger partial charge is 0.230 e. The molecule has 17 heavy (non-hydrogen) atoms. The molecule has 94 valence electrons. The number of hydrogen-bond acceptors (Lipinski definition) is 0. The highest BCUT2D eigenvalue weighted by atomic mass is 14.8. The molecule has 1 saturated carbocycles. The zero-order chi connectivity index (χ0) is 12.9. The van der Waals surface area contributed by atoms with E-state index in [-0.39, 0.29) is 5.54 Å². The zero-order valence-corrected chi connectivity index (χ0v) is 11.7. The molecular weight excluding hydrogens is 206 g/mol. The van der Waals surface area contributed by atoms with Gasteiger partial charge in [0.1, 0.15) is 0 Å². The highest BCUT2D eigenvalue weighted by Crippen LogP contribution is 2.37. The number of rotatable bonds is 3. The molecule has 1 aliphatic carbocycles. The van der Waals surface area contributed by atoms with E-state index in [4.69, 9.17) is 6.57 Å². The fraction of sp³-hybridized carbons (Fsp3) is 0.688. The van der Waals surface area contributed by atoms with Gasteiger partial charge >= 0.3 is 0 Å². The summed E-state index contributed by atoms with van der Waals surface area (Å²) >= 11 is 0. The molecule has 1 aliphatic rings. The third-order valence-electron chi connectivity index (χ3n) is 3.83. The highest BCUT2D eigenvalue weighted by molar-refractivity contribution is 5.15. The first-order valence-electron chi connectivity index (χ1n) is 6.70. The van der Waals surface area contributed by atoms with Crippen molar-refractivity contribution in [1.29, 1.82) is 0 Å². The highest BCUT2D eigenvalue weighted by Gasteiger charge is 2.36. The molecule has 1 heteroatoms. The maximum Gasteiger partial charge on any atom is 0.230 e. The third kappa shape index (κ3) is 4.38. The van der Waals surface area contributed by atoms with Crippen LogP contribution in [-0.4, -0.2) is 5.54 Å². The zero-order valence-electron chi connectivity index (χ0n) is 11.7. The predicted molar refractivity (Wildman–Crippen MR) is 74.7 cm³/mol. The maximum atomic E-state index is 7.22. The van der Waals surface area contributed by atoms with Crippen molar-refractivity contribution in [2.45, 2.75) is 58.9 Å². The van der Waals surface area contributed by atoms with Gasteiger partial charge in [-0.1, -0.05) is 37.6 Å². The SMILES string of the molecule is [C-]#[N+]C1(C)CCC(/C(C)=C\C=C\C(C)C)CC1. The molecule has 0 aromatic heterocycles. The van der Waals surface area contributed by atoms with Gasteiger partial charge in [-0.2, -0.15) is 0 Å². The average Bonchev–Trinajstić information content (AvgIpc) is 2.29. The van der Waals surface area contributed by atoms with Gasteiger partial charge in [-0.25, -0.2) is 6.57 Å². The van der Waals surface area contributed by atoms with Crippen molar-refractivity contribution in [3.05, 3.63) is 35.2 Å². The Morgan fingerprint density at radius 3 is 2.41 bits per heavy atom. The topological polar surface area (TPSA) is 4.36 Å². The number of nitrogens with zero attached hydrogens (tertiary/aromatic N) is 1. The van der Waals surface area contributed by atoms with Crippen LogP contribution >= 0.6 is 0 Å². The second-order valence-corrected chi connectivity index (χ2v) is 5.92. The lowest BCUT2D eigenvalue weighted by atomic mass is 9.75. The largest absolute Gasteiger partial charge is 0.311 e. The molecule has 0 bridgehead atoms. The first kappa shape index (κ1) is 14.0. The van der Waals surface area contributed by atoms with Crippen LogP contribution in [0.25, 0.3) is 4.85 Å². The Bertz CT molecular complexity index is 333. The van der Waals surface area contributed by atoms with Crippen molar-refractivity contribution in [2.75, 3.05) is 0 Å². The molecule has 0 N–H and O–H groups in total. The minimum atomic E-state index is -0.0788. The summed E-state index contributed by atoms with van der Waals surface area (Å²) in [6.07, 6.45) is 11.1. The number of allylic oxidation sites excluding steroid dienone is 4. The molecule has 0 saturated heterocycles. The Morgan fingerprint density at radius 1 is 1.35 bits per heavy atom. The van der Waals surface area contributed by atoms with Crippen molar-refractivity contribution in [2.24, 2.45) is 11.8 Å². The van der Waals surface area contributed by atoms with Crippen LogP contribution in [0.1, 0.15) is 53.4 Å². The van der Waals surface area contributed by atoms with Crippen molar-refractivity contribution >= 4 is 0 Å². The van der Waals surface area contributed by atoms with Crippen LogP contribution in [-0.2, 0) is 0 Å². The molecule has 0 aliphatic heterocycles. The molecule has 1 rings (SSSR count). The Morgan fingerprint density at radius 2 is 1.94 bits per heavy atom. The molecule has 0 radical (unpaired) electrons. The molecule has 1 fully saturated rings. The molecule has 1 nitrogen and oxygen atoms in total. The van der Waals surface area contributed by atoms with E-state index in [9.17, 15) is 0 Å². The Labute approximate surface area is 106 Å². The molecular formula is C16H25N. The summed E-state index contributed by atoms with van der Waals surface area (Å²) in [5.74, 6) is 1.32. The predicted octanol–water partition coefficient (Wildman–Crippen LogP) is 5.01. The van der Waals surface area contributed by atoms with Gasteiger partial charge in [0.2, 0.25) is 5.54 Å². The molecule has 0 spiro atoms. The normalized spacial score (nSPS) is 30.8. The van der Waals surface area contributed by atoms with E-state index in [1.807, 2.05) is 0 Å².